The summed E-state index contributed by atoms with van der Waals surface area (Å²) in [5.41, 5.74) is 9.37. The molecule has 8 nitrogen and oxygen atoms in total. The summed E-state index contributed by atoms with van der Waals surface area (Å²) in [4.78, 5) is 12.9. The summed E-state index contributed by atoms with van der Waals surface area (Å²) >= 11 is 0. The van der Waals surface area contributed by atoms with Gasteiger partial charge in [0.15, 0.2) is 11.5 Å². The van der Waals surface area contributed by atoms with Gasteiger partial charge in [0, 0.05) is 29.7 Å². The topological polar surface area (TPSA) is 85.8 Å². The average molecular weight is 425 g/mol. The fourth-order valence-corrected chi connectivity index (χ4v) is 4.17. The first kappa shape index (κ1) is 21.0. The van der Waals surface area contributed by atoms with Crippen LogP contribution in [-0.4, -0.2) is 38.0 Å². The van der Waals surface area contributed by atoms with Gasteiger partial charge in [0.25, 0.3) is 5.91 Å². The van der Waals surface area contributed by atoms with Gasteiger partial charge in [-0.2, -0.15) is 0 Å². The Labute approximate surface area is 181 Å². The maximum Gasteiger partial charge on any atom is 0.252 e. The number of carbonyl (C=O) groups excluding carboxylic acids is 1. The van der Waals surface area contributed by atoms with Gasteiger partial charge in [0.05, 0.1) is 33.5 Å². The van der Waals surface area contributed by atoms with E-state index in [-0.39, 0.29) is 18.1 Å². The van der Waals surface area contributed by atoms with Crippen molar-refractivity contribution in [2.45, 2.75) is 32.1 Å². The van der Waals surface area contributed by atoms with Crippen molar-refractivity contribution in [3.63, 3.8) is 0 Å². The number of nitrogens with zero attached hydrogens (tertiary/aromatic N) is 1. The van der Waals surface area contributed by atoms with Gasteiger partial charge in [0.2, 0.25) is 5.75 Å². The quantitative estimate of drug-likeness (QED) is 0.541. The van der Waals surface area contributed by atoms with E-state index >= 15 is 0 Å². The van der Waals surface area contributed by atoms with Crippen LogP contribution in [-0.2, 0) is 6.54 Å². The van der Waals surface area contributed by atoms with E-state index in [0.29, 0.717) is 29.2 Å². The van der Waals surface area contributed by atoms with E-state index in [1.807, 2.05) is 6.07 Å². The number of hydrazine groups is 1. The van der Waals surface area contributed by atoms with Gasteiger partial charge in [0.1, 0.15) is 0 Å². The Morgan fingerprint density at radius 2 is 1.77 bits per heavy atom. The molecule has 4 rings (SSSR count). The van der Waals surface area contributed by atoms with Gasteiger partial charge in [-0.3, -0.25) is 4.79 Å². The third-order valence-electron chi connectivity index (χ3n) is 5.65. The van der Waals surface area contributed by atoms with E-state index in [1.54, 1.807) is 12.1 Å². The van der Waals surface area contributed by atoms with Crippen molar-refractivity contribution in [2.75, 3.05) is 21.3 Å². The molecule has 8 heteroatoms. The van der Waals surface area contributed by atoms with Crippen molar-refractivity contribution in [3.05, 3.63) is 53.7 Å². The molecule has 1 fully saturated rings. The number of ether oxygens (including phenoxy) is 3. The van der Waals surface area contributed by atoms with Gasteiger partial charge in [-0.25, -0.2) is 10.9 Å². The summed E-state index contributed by atoms with van der Waals surface area (Å²) in [6.07, 6.45) is 0.492. The highest BCUT2D eigenvalue weighted by Gasteiger charge is 2.29. The van der Waals surface area contributed by atoms with Crippen LogP contribution in [0.25, 0.3) is 10.9 Å². The van der Waals surface area contributed by atoms with Gasteiger partial charge in [-0.05, 0) is 36.6 Å². The zero-order valence-corrected chi connectivity index (χ0v) is 18.2. The molecule has 31 heavy (non-hydrogen) atoms. The zero-order chi connectivity index (χ0) is 22.0. The van der Waals surface area contributed by atoms with Gasteiger partial charge in [-0.1, -0.05) is 18.2 Å². The Kier molecular flexibility index (Phi) is 6.01. The Bertz CT molecular complexity index is 1070. The Hall–Kier alpha value is -3.23. The summed E-state index contributed by atoms with van der Waals surface area (Å²) in [6, 6.07) is 13.9. The second kappa shape index (κ2) is 8.87. The lowest BCUT2D eigenvalue weighted by Crippen LogP contribution is -2.44. The van der Waals surface area contributed by atoms with E-state index in [2.05, 4.69) is 51.9 Å². The Balaban J connectivity index is 1.51. The van der Waals surface area contributed by atoms with Crippen LogP contribution in [0, 0.1) is 0 Å². The molecule has 0 saturated carbocycles. The maximum absolute atomic E-state index is 12.9. The van der Waals surface area contributed by atoms with Crippen LogP contribution in [0.15, 0.2) is 42.5 Å². The molecule has 2 atom stereocenters. The molecule has 1 amide bonds. The second-order valence-corrected chi connectivity index (χ2v) is 7.39. The van der Waals surface area contributed by atoms with E-state index < -0.39 is 0 Å². The third kappa shape index (κ3) is 3.92. The maximum atomic E-state index is 12.9. The van der Waals surface area contributed by atoms with Gasteiger partial charge in [-0.15, -0.1) is 0 Å². The van der Waals surface area contributed by atoms with Crippen LogP contribution in [0.2, 0.25) is 0 Å². The van der Waals surface area contributed by atoms with Gasteiger partial charge >= 0.3 is 0 Å². The van der Waals surface area contributed by atoms with Crippen LogP contribution >= 0.6 is 0 Å². The van der Waals surface area contributed by atoms with Crippen LogP contribution in [0.5, 0.6) is 17.2 Å². The molecule has 1 aliphatic rings. The SMILES string of the molecule is CCn1c(C2CC(NC(=O)c3cc(OC)c(OC)c(OC)c3)NN2)cc2ccccc21. The molecule has 0 radical (unpaired) electrons. The van der Waals surface area contributed by atoms with E-state index in [0.717, 1.165) is 6.54 Å². The molecule has 1 saturated heterocycles. The number of rotatable bonds is 7. The summed E-state index contributed by atoms with van der Waals surface area (Å²) in [7, 11) is 4.58. The van der Waals surface area contributed by atoms with Crippen molar-refractivity contribution in [2.24, 2.45) is 0 Å². The number of methoxy groups -OCH3 is 3. The normalized spacial score (nSPS) is 18.2. The van der Waals surface area contributed by atoms with E-state index in [4.69, 9.17) is 14.2 Å². The highest BCUT2D eigenvalue weighted by atomic mass is 16.5. The van der Waals surface area contributed by atoms with Crippen molar-refractivity contribution in [1.82, 2.24) is 20.7 Å². The molecular weight excluding hydrogens is 396 g/mol. The number of fused-ring (bicyclic) bond motifs is 1. The number of aromatic nitrogens is 1. The molecule has 0 bridgehead atoms. The second-order valence-electron chi connectivity index (χ2n) is 7.39. The number of carbonyl (C=O) groups is 1. The average Bonchev–Trinajstić information content (AvgIpc) is 3.41. The Morgan fingerprint density at radius 1 is 1.06 bits per heavy atom. The lowest BCUT2D eigenvalue weighted by Gasteiger charge is -2.16. The molecule has 0 spiro atoms. The smallest absolute Gasteiger partial charge is 0.252 e. The van der Waals surface area contributed by atoms with Crippen molar-refractivity contribution >= 4 is 16.8 Å². The number of aryl methyl sites for hydroxylation is 1. The van der Waals surface area contributed by atoms with Crippen molar-refractivity contribution in [3.8, 4) is 17.2 Å². The first-order valence-corrected chi connectivity index (χ1v) is 10.3. The molecule has 3 aromatic rings. The zero-order valence-electron chi connectivity index (χ0n) is 18.2. The Morgan fingerprint density at radius 3 is 2.42 bits per heavy atom. The van der Waals surface area contributed by atoms with Crippen molar-refractivity contribution < 1.29 is 19.0 Å². The number of hydrogen-bond donors (Lipinski definition) is 3. The molecule has 0 aliphatic carbocycles. The molecule has 1 aliphatic heterocycles. The molecular formula is C23H28N4O4. The monoisotopic (exact) mass is 424 g/mol. The molecule has 3 N–H and O–H groups in total. The fraction of sp³-hybridized carbons (Fsp3) is 0.348. The predicted molar refractivity (Wildman–Crippen MR) is 119 cm³/mol. The van der Waals surface area contributed by atoms with Crippen LogP contribution in [0.3, 0.4) is 0 Å². The predicted octanol–water partition coefficient (Wildman–Crippen LogP) is 2.98. The molecule has 2 heterocycles. The standard InChI is InChI=1S/C23H28N4O4/c1-5-27-17-9-7-6-8-14(17)10-18(27)16-13-21(26-25-16)24-23(28)15-11-19(29-2)22(31-4)20(12-15)30-3/h6-12,16,21,25-26H,5,13H2,1-4H3,(H,24,28). The lowest BCUT2D eigenvalue weighted by atomic mass is 10.1. The molecule has 2 aromatic carbocycles. The number of amides is 1. The highest BCUT2D eigenvalue weighted by Crippen LogP contribution is 2.38. The van der Waals surface area contributed by atoms with Crippen molar-refractivity contribution in [1.29, 1.82) is 0 Å². The number of benzene rings is 2. The summed E-state index contributed by atoms with van der Waals surface area (Å²) in [5, 5.41) is 4.25. The van der Waals surface area contributed by atoms with Crippen LogP contribution in [0.1, 0.15) is 35.4 Å². The largest absolute Gasteiger partial charge is 0.493 e. The minimum Gasteiger partial charge on any atom is -0.493 e. The molecule has 1 aromatic heterocycles. The minimum absolute atomic E-state index is 0.0811. The summed E-state index contributed by atoms with van der Waals surface area (Å²) < 4.78 is 18.3. The lowest BCUT2D eigenvalue weighted by molar-refractivity contribution is 0.0931. The van der Waals surface area contributed by atoms with E-state index in [9.17, 15) is 4.79 Å². The third-order valence-corrected chi connectivity index (χ3v) is 5.65. The van der Waals surface area contributed by atoms with Gasteiger partial charge < -0.3 is 24.1 Å². The first-order chi connectivity index (χ1) is 15.1. The van der Waals surface area contributed by atoms with Crippen LogP contribution in [0.4, 0.5) is 0 Å². The van der Waals surface area contributed by atoms with Crippen LogP contribution < -0.4 is 30.4 Å². The fourth-order valence-electron chi connectivity index (χ4n) is 4.17. The summed E-state index contributed by atoms with van der Waals surface area (Å²) in [5.74, 6) is 1.11. The number of hydrogen-bond acceptors (Lipinski definition) is 6. The molecule has 2 unspecified atom stereocenters. The number of para-hydroxylation sites is 1. The summed E-state index contributed by atoms with van der Waals surface area (Å²) in [6.45, 7) is 3.02. The number of nitrogens with one attached hydrogen (secondary N) is 3. The highest BCUT2D eigenvalue weighted by molar-refractivity contribution is 5.95. The molecule has 164 valence electrons. The first-order valence-electron chi connectivity index (χ1n) is 10.3. The van der Waals surface area contributed by atoms with E-state index in [1.165, 1.54) is 37.9 Å². The minimum atomic E-state index is -0.227.